The molecule has 1 aromatic carbocycles. The third-order valence-corrected chi connectivity index (χ3v) is 3.01. The van der Waals surface area contributed by atoms with Crippen molar-refractivity contribution in [1.82, 2.24) is 0 Å². The molecule has 1 aliphatic rings. The van der Waals surface area contributed by atoms with E-state index in [1.54, 1.807) is 30.0 Å². The first-order chi connectivity index (χ1) is 9.02. The maximum atomic E-state index is 11.7. The molecule has 5 nitrogen and oxygen atoms in total. The number of likely N-dealkylation sites (N-methyl/N-ethyl adjacent to an activating group) is 1. The molecule has 2 rings (SSSR count). The summed E-state index contributed by atoms with van der Waals surface area (Å²) in [7, 11) is 0. The van der Waals surface area contributed by atoms with Gasteiger partial charge in [0, 0.05) is 12.6 Å². The third kappa shape index (κ3) is 2.59. The Morgan fingerprint density at radius 2 is 2.26 bits per heavy atom. The number of carboxylic acids is 1. The normalized spacial score (nSPS) is 14.9. The first-order valence-corrected chi connectivity index (χ1v) is 6.01. The molecule has 5 heteroatoms. The van der Waals surface area contributed by atoms with Crippen molar-refractivity contribution in [3.63, 3.8) is 0 Å². The zero-order chi connectivity index (χ0) is 14.0. The number of benzene rings is 1. The van der Waals surface area contributed by atoms with E-state index in [2.05, 4.69) is 0 Å². The fraction of sp³-hybridized carbons (Fsp3) is 0.286. The molecular formula is C14H15NO4. The molecule has 0 radical (unpaired) electrons. The van der Waals surface area contributed by atoms with Gasteiger partial charge in [-0.25, -0.2) is 4.79 Å². The molecular weight excluding hydrogens is 246 g/mol. The quantitative estimate of drug-likeness (QED) is 0.844. The van der Waals surface area contributed by atoms with E-state index in [1.165, 1.54) is 0 Å². The van der Waals surface area contributed by atoms with Gasteiger partial charge >= 0.3 is 5.97 Å². The summed E-state index contributed by atoms with van der Waals surface area (Å²) >= 11 is 0. The second kappa shape index (κ2) is 5.14. The SMILES string of the molecule is CCN1C(=O)COc2ccc(/C(C)=C/C(=O)O)cc21. The molecule has 1 aromatic rings. The number of anilines is 1. The molecule has 1 amide bonds. The highest BCUT2D eigenvalue weighted by Crippen LogP contribution is 2.34. The summed E-state index contributed by atoms with van der Waals surface area (Å²) in [6.45, 7) is 4.21. The number of allylic oxidation sites excluding steroid dienone is 1. The lowest BCUT2D eigenvalue weighted by Gasteiger charge is -2.28. The van der Waals surface area contributed by atoms with Gasteiger partial charge in [0.25, 0.3) is 5.91 Å². The van der Waals surface area contributed by atoms with Gasteiger partial charge in [-0.1, -0.05) is 6.07 Å². The number of nitrogens with zero attached hydrogens (tertiary/aromatic N) is 1. The Morgan fingerprint density at radius 1 is 1.53 bits per heavy atom. The van der Waals surface area contributed by atoms with Gasteiger partial charge in [-0.05, 0) is 37.1 Å². The average Bonchev–Trinajstić information content (AvgIpc) is 2.37. The first kappa shape index (κ1) is 13.1. The maximum absolute atomic E-state index is 11.7. The summed E-state index contributed by atoms with van der Waals surface area (Å²) in [6, 6.07) is 5.33. The molecule has 0 saturated carbocycles. The predicted molar refractivity (Wildman–Crippen MR) is 71.3 cm³/mol. The number of aliphatic carboxylic acids is 1. The van der Waals surface area contributed by atoms with E-state index in [0.29, 0.717) is 23.6 Å². The average molecular weight is 261 g/mol. The van der Waals surface area contributed by atoms with E-state index in [0.717, 1.165) is 11.6 Å². The minimum atomic E-state index is -0.991. The van der Waals surface area contributed by atoms with E-state index < -0.39 is 5.97 Å². The van der Waals surface area contributed by atoms with Crippen LogP contribution in [0.5, 0.6) is 5.75 Å². The molecule has 1 aliphatic heterocycles. The van der Waals surface area contributed by atoms with Crippen LogP contribution in [0.1, 0.15) is 19.4 Å². The summed E-state index contributed by atoms with van der Waals surface area (Å²) in [6.07, 6.45) is 1.14. The highest BCUT2D eigenvalue weighted by Gasteiger charge is 2.24. The highest BCUT2D eigenvalue weighted by molar-refractivity contribution is 5.98. The van der Waals surface area contributed by atoms with Crippen molar-refractivity contribution in [3.05, 3.63) is 29.8 Å². The van der Waals surface area contributed by atoms with Gasteiger partial charge in [0.15, 0.2) is 6.61 Å². The number of carbonyl (C=O) groups is 2. The van der Waals surface area contributed by atoms with E-state index in [4.69, 9.17) is 9.84 Å². The summed E-state index contributed by atoms with van der Waals surface area (Å²) in [5.74, 6) is -0.435. The number of hydrogen-bond donors (Lipinski definition) is 1. The second-order valence-corrected chi connectivity index (χ2v) is 4.27. The van der Waals surface area contributed by atoms with Crippen molar-refractivity contribution < 1.29 is 19.4 Å². The van der Waals surface area contributed by atoms with Crippen molar-refractivity contribution >= 4 is 23.1 Å². The number of carboxylic acid groups (broad SMARTS) is 1. The van der Waals surface area contributed by atoms with Crippen LogP contribution in [-0.4, -0.2) is 30.1 Å². The van der Waals surface area contributed by atoms with Gasteiger partial charge in [0.05, 0.1) is 5.69 Å². The van der Waals surface area contributed by atoms with E-state index in [-0.39, 0.29) is 12.5 Å². The van der Waals surface area contributed by atoms with Crippen molar-refractivity contribution in [2.24, 2.45) is 0 Å². The molecule has 1 N–H and O–H groups in total. The van der Waals surface area contributed by atoms with Gasteiger partial charge in [-0.15, -0.1) is 0 Å². The smallest absolute Gasteiger partial charge is 0.328 e. The van der Waals surface area contributed by atoms with Crippen molar-refractivity contribution in [1.29, 1.82) is 0 Å². The number of ether oxygens (including phenoxy) is 1. The number of hydrogen-bond acceptors (Lipinski definition) is 3. The predicted octanol–water partition coefficient (Wildman–Crippen LogP) is 1.92. The minimum absolute atomic E-state index is 0.0458. The zero-order valence-corrected chi connectivity index (χ0v) is 10.8. The summed E-state index contributed by atoms with van der Waals surface area (Å²) in [4.78, 5) is 24.1. The lowest BCUT2D eigenvalue weighted by molar-refractivity contribution is -0.131. The molecule has 0 spiro atoms. The highest BCUT2D eigenvalue weighted by atomic mass is 16.5. The molecule has 0 aliphatic carbocycles. The monoisotopic (exact) mass is 261 g/mol. The van der Waals surface area contributed by atoms with E-state index >= 15 is 0 Å². The molecule has 0 aromatic heterocycles. The molecule has 0 unspecified atom stereocenters. The Morgan fingerprint density at radius 3 is 2.89 bits per heavy atom. The number of rotatable bonds is 3. The number of amides is 1. The number of carbonyl (C=O) groups excluding carboxylic acids is 1. The topological polar surface area (TPSA) is 66.8 Å². The van der Waals surface area contributed by atoms with Gasteiger partial charge in [-0.2, -0.15) is 0 Å². The van der Waals surface area contributed by atoms with Gasteiger partial charge in [0.2, 0.25) is 0 Å². The molecule has 0 bridgehead atoms. The molecule has 100 valence electrons. The Kier molecular flexibility index (Phi) is 3.55. The fourth-order valence-corrected chi connectivity index (χ4v) is 2.06. The largest absolute Gasteiger partial charge is 0.482 e. The van der Waals surface area contributed by atoms with Gasteiger partial charge in [-0.3, -0.25) is 4.79 Å². The van der Waals surface area contributed by atoms with Crippen LogP contribution in [0.4, 0.5) is 5.69 Å². The Hall–Kier alpha value is -2.30. The van der Waals surface area contributed by atoms with Crippen LogP contribution in [0, 0.1) is 0 Å². The third-order valence-electron chi connectivity index (χ3n) is 3.01. The van der Waals surface area contributed by atoms with Crippen LogP contribution in [0.15, 0.2) is 24.3 Å². The van der Waals surface area contributed by atoms with Crippen LogP contribution in [0.25, 0.3) is 5.57 Å². The second-order valence-electron chi connectivity index (χ2n) is 4.27. The molecule has 0 saturated heterocycles. The van der Waals surface area contributed by atoms with Crippen molar-refractivity contribution in [2.45, 2.75) is 13.8 Å². The van der Waals surface area contributed by atoms with Crippen LogP contribution >= 0.6 is 0 Å². The van der Waals surface area contributed by atoms with Crippen molar-refractivity contribution in [2.75, 3.05) is 18.1 Å². The van der Waals surface area contributed by atoms with E-state index in [1.807, 2.05) is 6.92 Å². The van der Waals surface area contributed by atoms with Gasteiger partial charge in [0.1, 0.15) is 5.75 Å². The van der Waals surface area contributed by atoms with Crippen LogP contribution in [0.2, 0.25) is 0 Å². The summed E-state index contributed by atoms with van der Waals surface area (Å²) < 4.78 is 5.36. The molecule has 0 atom stereocenters. The van der Waals surface area contributed by atoms with Gasteiger partial charge < -0.3 is 14.7 Å². The summed E-state index contributed by atoms with van der Waals surface area (Å²) in [5.41, 5.74) is 2.08. The first-order valence-electron chi connectivity index (χ1n) is 6.01. The fourth-order valence-electron chi connectivity index (χ4n) is 2.06. The summed E-state index contributed by atoms with van der Waals surface area (Å²) in [5, 5.41) is 8.76. The van der Waals surface area contributed by atoms with Crippen LogP contribution in [0.3, 0.4) is 0 Å². The molecule has 1 heterocycles. The standard InChI is InChI=1S/C14H15NO4/c1-3-15-11-7-10(9(2)6-14(17)18)4-5-12(11)19-8-13(15)16/h4-7H,3,8H2,1-2H3,(H,17,18)/b9-6+. The van der Waals surface area contributed by atoms with Crippen LogP contribution < -0.4 is 9.64 Å². The zero-order valence-electron chi connectivity index (χ0n) is 10.8. The van der Waals surface area contributed by atoms with Crippen LogP contribution in [-0.2, 0) is 9.59 Å². The Balaban J connectivity index is 2.45. The Bertz CT molecular complexity index is 563. The minimum Gasteiger partial charge on any atom is -0.482 e. The van der Waals surface area contributed by atoms with Crippen molar-refractivity contribution in [3.8, 4) is 5.75 Å². The lowest BCUT2D eigenvalue weighted by Crippen LogP contribution is -2.38. The lowest BCUT2D eigenvalue weighted by atomic mass is 10.0. The molecule has 0 fully saturated rings. The number of fused-ring (bicyclic) bond motifs is 1. The van der Waals surface area contributed by atoms with E-state index in [9.17, 15) is 9.59 Å². The maximum Gasteiger partial charge on any atom is 0.328 e. The Labute approximate surface area is 111 Å². The molecule has 19 heavy (non-hydrogen) atoms.